The molecule has 2 aliphatic rings. The van der Waals surface area contributed by atoms with Gasteiger partial charge >= 0.3 is 6.03 Å². The fourth-order valence-corrected chi connectivity index (χ4v) is 6.09. The largest absolute Gasteiger partial charge is 0.338 e. The molecular formula is C23H35ClN3O3S. The number of carbonyl (C=O) groups excluding carboxylic acids is 1. The lowest BCUT2D eigenvalue weighted by molar-refractivity contribution is 0.238. The van der Waals surface area contributed by atoms with Gasteiger partial charge in [0.15, 0.2) is 0 Å². The van der Waals surface area contributed by atoms with E-state index in [2.05, 4.69) is 10.6 Å². The zero-order chi connectivity index (χ0) is 20.9. The molecule has 5 radical (unpaired) electrons. The van der Waals surface area contributed by atoms with Crippen LogP contribution in [0.4, 0.5) is 4.79 Å². The number of amides is 2. The molecule has 173 valence electrons. The van der Waals surface area contributed by atoms with Crippen LogP contribution >= 0.6 is 11.6 Å². The quantitative estimate of drug-likeness (QED) is 0.645. The van der Waals surface area contributed by atoms with E-state index in [1.807, 2.05) is 0 Å². The van der Waals surface area contributed by atoms with Crippen LogP contribution in [0.3, 0.4) is 0 Å². The molecule has 1 aromatic rings. The molecule has 1 heterocycles. The fourth-order valence-electron chi connectivity index (χ4n) is 4.12. The average molecular weight is 469 g/mol. The number of sulfonamides is 1. The number of urea groups is 1. The first-order valence-corrected chi connectivity index (χ1v) is 12.3. The summed E-state index contributed by atoms with van der Waals surface area (Å²) in [6.07, 6.45) is 8.67. The van der Waals surface area contributed by atoms with Gasteiger partial charge in [0.2, 0.25) is 10.0 Å². The predicted octanol–water partition coefficient (Wildman–Crippen LogP) is 4.89. The Hall–Kier alpha value is -1.31. The summed E-state index contributed by atoms with van der Waals surface area (Å²) in [5.74, 6) is 0.116. The highest BCUT2D eigenvalue weighted by Crippen LogP contribution is 2.27. The molecule has 8 heteroatoms. The van der Waals surface area contributed by atoms with Crippen molar-refractivity contribution in [2.45, 2.75) is 63.2 Å². The second-order valence-electron chi connectivity index (χ2n) is 8.13. The molecule has 0 spiro atoms. The van der Waals surface area contributed by atoms with Crippen molar-refractivity contribution in [2.75, 3.05) is 19.6 Å². The lowest BCUT2D eigenvalue weighted by atomic mass is 9.97. The Bertz CT molecular complexity index is 808. The van der Waals surface area contributed by atoms with E-state index in [1.54, 1.807) is 25.1 Å². The molecule has 0 bridgehead atoms. The van der Waals surface area contributed by atoms with Crippen molar-refractivity contribution in [3.8, 4) is 0 Å². The minimum Gasteiger partial charge on any atom is -0.338 e. The predicted molar refractivity (Wildman–Crippen MR) is 126 cm³/mol. The van der Waals surface area contributed by atoms with Crippen LogP contribution < -0.4 is 10.6 Å². The smallest absolute Gasteiger partial charge is 0.315 e. The second kappa shape index (κ2) is 12.7. The van der Waals surface area contributed by atoms with Crippen LogP contribution in [-0.4, -0.2) is 38.4 Å². The molecule has 6 nitrogen and oxygen atoms in total. The molecule has 1 saturated carbocycles. The minimum atomic E-state index is -3.55. The number of nitrogens with zero attached hydrogens (tertiary/aromatic N) is 1. The van der Waals surface area contributed by atoms with Gasteiger partial charge in [0.25, 0.3) is 0 Å². The van der Waals surface area contributed by atoms with Gasteiger partial charge in [-0.15, -0.1) is 0 Å². The average Bonchev–Trinajstić information content (AvgIpc) is 3.12. The normalized spacial score (nSPS) is 20.6. The van der Waals surface area contributed by atoms with Crippen molar-refractivity contribution in [3.05, 3.63) is 49.7 Å². The van der Waals surface area contributed by atoms with Gasteiger partial charge in [0.05, 0.1) is 10.9 Å². The summed E-state index contributed by atoms with van der Waals surface area (Å²) in [6, 6.07) is 5.79. The molecule has 1 aliphatic heterocycles. The van der Waals surface area contributed by atoms with Crippen molar-refractivity contribution in [1.29, 1.82) is 0 Å². The second-order valence-corrected chi connectivity index (χ2v) is 10.5. The standard InChI is InChI=1S/C21H31ClN3O3S.2CH2/c1-16-13-18(22)9-10-20(16)29(27,28)25-12-11-17(15-25)14-23-21(26)24-19-7-5-3-2-4-6-8-19;;/h9-10,13,17H,2-8,11-12,14-15H2,1H3,(H2,23,24,26);2*1H2. The Morgan fingerprint density at radius 3 is 2.42 bits per heavy atom. The molecule has 1 aromatic carbocycles. The Kier molecular flexibility index (Phi) is 11.3. The van der Waals surface area contributed by atoms with Gasteiger partial charge in [-0.1, -0.05) is 58.6 Å². The molecule has 1 saturated heterocycles. The molecule has 0 aromatic heterocycles. The van der Waals surface area contributed by atoms with Crippen LogP contribution in [0.25, 0.3) is 0 Å². The van der Waals surface area contributed by atoms with E-state index in [0.717, 1.165) is 38.1 Å². The van der Waals surface area contributed by atoms with E-state index in [9.17, 15) is 13.2 Å². The summed E-state index contributed by atoms with van der Waals surface area (Å²) in [5.41, 5.74) is 0.648. The Labute approximate surface area is 194 Å². The van der Waals surface area contributed by atoms with Gasteiger partial charge in [0, 0.05) is 24.7 Å². The highest BCUT2D eigenvalue weighted by atomic mass is 35.5. The molecule has 1 atom stereocenters. The number of rotatable bonds is 5. The highest BCUT2D eigenvalue weighted by molar-refractivity contribution is 7.89. The molecule has 1 unspecified atom stereocenters. The van der Waals surface area contributed by atoms with Crippen molar-refractivity contribution >= 4 is 27.7 Å². The molecule has 31 heavy (non-hydrogen) atoms. The van der Waals surface area contributed by atoms with Gasteiger partial charge in [-0.2, -0.15) is 4.31 Å². The molecule has 1 aliphatic carbocycles. The summed E-state index contributed by atoms with van der Waals surface area (Å²) in [5, 5.41) is 6.47. The number of benzene rings is 1. The van der Waals surface area contributed by atoms with E-state index in [0.29, 0.717) is 35.1 Å². The Balaban J connectivity index is 0.00000240. The number of hydrogen-bond donors (Lipinski definition) is 2. The maximum absolute atomic E-state index is 13.0. The Morgan fingerprint density at radius 2 is 1.77 bits per heavy atom. The third-order valence-corrected chi connectivity index (χ3v) is 8.06. The first kappa shape index (κ1) is 27.7. The van der Waals surface area contributed by atoms with Crippen molar-refractivity contribution in [1.82, 2.24) is 14.9 Å². The summed E-state index contributed by atoms with van der Waals surface area (Å²) in [7, 11) is -3.55. The first-order chi connectivity index (χ1) is 13.9. The van der Waals surface area contributed by atoms with E-state index in [-0.39, 0.29) is 26.8 Å². The van der Waals surface area contributed by atoms with Crippen LogP contribution in [0.1, 0.15) is 56.9 Å². The minimum absolute atomic E-state index is 0. The molecule has 2 N–H and O–H groups in total. The maximum atomic E-state index is 13.0. The molecule has 2 fully saturated rings. The highest BCUT2D eigenvalue weighted by Gasteiger charge is 2.33. The maximum Gasteiger partial charge on any atom is 0.315 e. The number of aryl methyl sites for hydroxylation is 1. The van der Waals surface area contributed by atoms with Gasteiger partial charge in [-0.25, -0.2) is 13.2 Å². The van der Waals surface area contributed by atoms with Gasteiger partial charge in [-0.05, 0) is 55.9 Å². The molecular weight excluding hydrogens is 434 g/mol. The first-order valence-electron chi connectivity index (χ1n) is 10.5. The van der Waals surface area contributed by atoms with E-state index < -0.39 is 10.0 Å². The van der Waals surface area contributed by atoms with Crippen molar-refractivity contribution in [3.63, 3.8) is 0 Å². The van der Waals surface area contributed by atoms with Crippen LogP contribution in [0.5, 0.6) is 0 Å². The third-order valence-electron chi connectivity index (χ3n) is 5.80. The topological polar surface area (TPSA) is 78.5 Å². The summed E-state index contributed by atoms with van der Waals surface area (Å²) in [4.78, 5) is 12.6. The van der Waals surface area contributed by atoms with E-state index in [4.69, 9.17) is 11.6 Å². The van der Waals surface area contributed by atoms with Gasteiger partial charge in [0.1, 0.15) is 0 Å². The van der Waals surface area contributed by atoms with Gasteiger partial charge < -0.3 is 10.6 Å². The van der Waals surface area contributed by atoms with Crippen molar-refractivity contribution < 1.29 is 13.2 Å². The van der Waals surface area contributed by atoms with Crippen LogP contribution in [0.15, 0.2) is 23.1 Å². The van der Waals surface area contributed by atoms with Gasteiger partial charge in [-0.3, -0.25) is 0 Å². The molecule has 3 rings (SSSR count). The summed E-state index contributed by atoms with van der Waals surface area (Å²) < 4.78 is 27.4. The van der Waals surface area contributed by atoms with Crippen LogP contribution in [0.2, 0.25) is 5.02 Å². The van der Waals surface area contributed by atoms with Crippen molar-refractivity contribution in [2.24, 2.45) is 5.92 Å². The number of halogens is 1. The van der Waals surface area contributed by atoms with E-state index in [1.165, 1.54) is 23.6 Å². The monoisotopic (exact) mass is 468 g/mol. The van der Waals surface area contributed by atoms with Crippen LogP contribution in [-0.2, 0) is 10.0 Å². The number of carbonyl (C=O) groups is 1. The molecule has 2 amide bonds. The zero-order valence-electron chi connectivity index (χ0n) is 18.5. The lowest BCUT2D eigenvalue weighted by Crippen LogP contribution is -2.41. The number of nitrogens with one attached hydrogen (secondary N) is 2. The summed E-state index contributed by atoms with van der Waals surface area (Å²) >= 11 is 5.95. The SMILES string of the molecule is Cc1cc(Cl)ccc1S(=O)(=O)N1CCC(CNC(=O)N[C]2CCCCCCC2)C1.[CH2].[CH2]. The fraction of sp³-hybridized carbons (Fsp3) is 0.565. The number of hydrogen-bond acceptors (Lipinski definition) is 3. The Morgan fingerprint density at radius 1 is 1.13 bits per heavy atom. The van der Waals surface area contributed by atoms with E-state index >= 15 is 0 Å². The van der Waals surface area contributed by atoms with Crippen LogP contribution in [0, 0.1) is 33.7 Å². The lowest BCUT2D eigenvalue weighted by Gasteiger charge is -2.21. The third kappa shape index (κ3) is 7.65. The zero-order valence-corrected chi connectivity index (χ0v) is 20.0. The summed E-state index contributed by atoms with van der Waals surface area (Å²) in [6.45, 7) is 3.12.